The molecule has 7 nitrogen and oxygen atoms in total. The lowest BCUT2D eigenvalue weighted by Gasteiger charge is -2.36. The van der Waals surface area contributed by atoms with Crippen molar-refractivity contribution in [3.8, 4) is 0 Å². The third-order valence-corrected chi connectivity index (χ3v) is 6.71. The van der Waals surface area contributed by atoms with Gasteiger partial charge in [0.15, 0.2) is 0 Å². The van der Waals surface area contributed by atoms with Crippen molar-refractivity contribution >= 4 is 23.6 Å². The summed E-state index contributed by atoms with van der Waals surface area (Å²) in [5.74, 6) is -0.549. The van der Waals surface area contributed by atoms with Crippen molar-refractivity contribution in [3.05, 3.63) is 34.9 Å². The van der Waals surface area contributed by atoms with E-state index in [1.54, 1.807) is 23.1 Å². The number of fused-ring (bicyclic) bond motifs is 1. The SMILES string of the molecule is CC(C)(C)CC(=O)N1CCN(C(=O)c2ccc3c(c2)C(=O)N(C2CCCCC2)C3=O)CC1. The van der Waals surface area contributed by atoms with Gasteiger partial charge in [-0.25, -0.2) is 0 Å². The first-order chi connectivity index (χ1) is 15.2. The summed E-state index contributed by atoms with van der Waals surface area (Å²) in [4.78, 5) is 56.4. The zero-order valence-corrected chi connectivity index (χ0v) is 19.4. The van der Waals surface area contributed by atoms with E-state index in [0.717, 1.165) is 32.1 Å². The molecule has 1 saturated carbocycles. The molecular formula is C25H33N3O4. The molecule has 0 bridgehead atoms. The lowest BCUT2D eigenvalue weighted by Crippen LogP contribution is -2.51. The molecule has 0 unspecified atom stereocenters. The van der Waals surface area contributed by atoms with Crippen LogP contribution in [0.4, 0.5) is 0 Å². The Morgan fingerprint density at radius 2 is 1.47 bits per heavy atom. The molecule has 3 aliphatic rings. The fraction of sp³-hybridized carbons (Fsp3) is 0.600. The van der Waals surface area contributed by atoms with Gasteiger partial charge in [0.1, 0.15) is 0 Å². The van der Waals surface area contributed by atoms with Gasteiger partial charge < -0.3 is 9.80 Å². The van der Waals surface area contributed by atoms with Gasteiger partial charge >= 0.3 is 0 Å². The van der Waals surface area contributed by atoms with Crippen LogP contribution < -0.4 is 0 Å². The van der Waals surface area contributed by atoms with E-state index in [9.17, 15) is 19.2 Å². The molecule has 172 valence electrons. The van der Waals surface area contributed by atoms with Crippen molar-refractivity contribution in [1.29, 1.82) is 0 Å². The normalized spacial score (nSPS) is 20.0. The number of nitrogens with zero attached hydrogens (tertiary/aromatic N) is 3. The Kier molecular flexibility index (Phi) is 6.10. The average molecular weight is 440 g/mol. The number of carbonyl (C=O) groups is 4. The van der Waals surface area contributed by atoms with Gasteiger partial charge in [-0.1, -0.05) is 40.0 Å². The molecule has 0 radical (unpaired) electrons. The van der Waals surface area contributed by atoms with Crippen LogP contribution in [0, 0.1) is 5.41 Å². The molecule has 0 aromatic heterocycles. The van der Waals surface area contributed by atoms with Crippen molar-refractivity contribution in [2.75, 3.05) is 26.2 Å². The minimum Gasteiger partial charge on any atom is -0.339 e. The average Bonchev–Trinajstić information content (AvgIpc) is 3.02. The molecule has 1 aromatic rings. The summed E-state index contributed by atoms with van der Waals surface area (Å²) in [6, 6.07) is 4.81. The van der Waals surface area contributed by atoms with Crippen molar-refractivity contribution < 1.29 is 19.2 Å². The van der Waals surface area contributed by atoms with Crippen LogP contribution in [0.3, 0.4) is 0 Å². The highest BCUT2D eigenvalue weighted by atomic mass is 16.2. The van der Waals surface area contributed by atoms with Gasteiger partial charge in [-0.2, -0.15) is 0 Å². The van der Waals surface area contributed by atoms with E-state index >= 15 is 0 Å². The van der Waals surface area contributed by atoms with Crippen LogP contribution >= 0.6 is 0 Å². The van der Waals surface area contributed by atoms with Crippen LogP contribution in [0.2, 0.25) is 0 Å². The number of rotatable bonds is 3. The summed E-state index contributed by atoms with van der Waals surface area (Å²) in [6.45, 7) is 8.08. The summed E-state index contributed by atoms with van der Waals surface area (Å²) < 4.78 is 0. The molecule has 0 spiro atoms. The smallest absolute Gasteiger partial charge is 0.261 e. The van der Waals surface area contributed by atoms with E-state index in [4.69, 9.17) is 0 Å². The number of benzene rings is 1. The first-order valence-electron chi connectivity index (χ1n) is 11.7. The van der Waals surface area contributed by atoms with Crippen LogP contribution in [0.15, 0.2) is 18.2 Å². The zero-order chi connectivity index (χ0) is 23.0. The third-order valence-electron chi connectivity index (χ3n) is 6.71. The first-order valence-corrected chi connectivity index (χ1v) is 11.7. The Balaban J connectivity index is 1.43. The molecule has 7 heteroatoms. The van der Waals surface area contributed by atoms with Crippen LogP contribution in [0.25, 0.3) is 0 Å². The molecule has 0 atom stereocenters. The Labute approximate surface area is 189 Å². The fourth-order valence-electron chi connectivity index (χ4n) is 4.97. The molecule has 1 aliphatic carbocycles. The van der Waals surface area contributed by atoms with Crippen molar-refractivity contribution in [3.63, 3.8) is 0 Å². The predicted octanol–water partition coefficient (Wildman–Crippen LogP) is 3.34. The highest BCUT2D eigenvalue weighted by molar-refractivity contribution is 6.22. The lowest BCUT2D eigenvalue weighted by atomic mass is 9.91. The van der Waals surface area contributed by atoms with Crippen LogP contribution in [-0.4, -0.2) is 70.5 Å². The second-order valence-corrected chi connectivity index (χ2v) is 10.4. The summed E-state index contributed by atoms with van der Waals surface area (Å²) in [6.07, 6.45) is 5.41. The quantitative estimate of drug-likeness (QED) is 0.677. The molecule has 4 rings (SSSR count). The molecule has 2 fully saturated rings. The van der Waals surface area contributed by atoms with E-state index in [1.807, 2.05) is 25.7 Å². The topological polar surface area (TPSA) is 78.0 Å². The maximum absolute atomic E-state index is 13.1. The summed E-state index contributed by atoms with van der Waals surface area (Å²) in [5.41, 5.74) is 1.09. The molecule has 0 N–H and O–H groups in total. The second kappa shape index (κ2) is 8.68. The van der Waals surface area contributed by atoms with E-state index in [2.05, 4.69) is 0 Å². The number of carbonyl (C=O) groups excluding carboxylic acids is 4. The van der Waals surface area contributed by atoms with Crippen LogP contribution in [0.1, 0.15) is 90.4 Å². The van der Waals surface area contributed by atoms with E-state index in [-0.39, 0.29) is 35.1 Å². The van der Waals surface area contributed by atoms with Gasteiger partial charge in [-0.05, 0) is 36.5 Å². The van der Waals surface area contributed by atoms with Gasteiger partial charge in [-0.3, -0.25) is 24.1 Å². The highest BCUT2D eigenvalue weighted by Gasteiger charge is 2.40. The van der Waals surface area contributed by atoms with Crippen molar-refractivity contribution in [2.45, 2.75) is 65.3 Å². The summed E-state index contributed by atoms with van der Waals surface area (Å²) in [7, 11) is 0. The Hall–Kier alpha value is -2.70. The van der Waals surface area contributed by atoms with Gasteiger partial charge in [0.05, 0.1) is 11.1 Å². The van der Waals surface area contributed by atoms with Gasteiger partial charge in [0.25, 0.3) is 17.7 Å². The van der Waals surface area contributed by atoms with Crippen molar-refractivity contribution in [1.82, 2.24) is 14.7 Å². The molecule has 1 saturated heterocycles. The maximum Gasteiger partial charge on any atom is 0.261 e. The standard InChI is InChI=1S/C25H33N3O4/c1-25(2,3)16-21(29)26-11-13-27(14-12-26)22(30)17-9-10-19-20(15-17)24(32)28(23(19)31)18-7-5-4-6-8-18/h9-10,15,18H,4-8,11-14,16H2,1-3H3. The van der Waals surface area contributed by atoms with E-state index in [1.165, 1.54) is 4.90 Å². The predicted molar refractivity (Wildman–Crippen MR) is 120 cm³/mol. The van der Waals surface area contributed by atoms with Gasteiger partial charge in [0, 0.05) is 44.2 Å². The Bertz CT molecular complexity index is 935. The van der Waals surface area contributed by atoms with Gasteiger partial charge in [0.2, 0.25) is 5.91 Å². The summed E-state index contributed by atoms with van der Waals surface area (Å²) in [5, 5.41) is 0. The Morgan fingerprint density at radius 3 is 2.09 bits per heavy atom. The van der Waals surface area contributed by atoms with Crippen molar-refractivity contribution in [2.24, 2.45) is 5.41 Å². The minimum absolute atomic E-state index is 0.0333. The minimum atomic E-state index is -0.274. The number of hydrogen-bond acceptors (Lipinski definition) is 4. The number of imide groups is 1. The maximum atomic E-state index is 13.1. The Morgan fingerprint density at radius 1 is 0.875 bits per heavy atom. The monoisotopic (exact) mass is 439 g/mol. The molecule has 4 amide bonds. The highest BCUT2D eigenvalue weighted by Crippen LogP contribution is 2.31. The van der Waals surface area contributed by atoms with Crippen LogP contribution in [0.5, 0.6) is 0 Å². The van der Waals surface area contributed by atoms with Gasteiger partial charge in [-0.15, -0.1) is 0 Å². The second-order valence-electron chi connectivity index (χ2n) is 10.4. The number of amides is 4. The van der Waals surface area contributed by atoms with E-state index in [0.29, 0.717) is 49.3 Å². The largest absolute Gasteiger partial charge is 0.339 e. The third kappa shape index (κ3) is 4.43. The lowest BCUT2D eigenvalue weighted by molar-refractivity contribution is -0.134. The fourth-order valence-corrected chi connectivity index (χ4v) is 4.97. The molecule has 32 heavy (non-hydrogen) atoms. The number of hydrogen-bond donors (Lipinski definition) is 0. The first kappa shape index (κ1) is 22.5. The summed E-state index contributed by atoms with van der Waals surface area (Å²) >= 11 is 0. The van der Waals surface area contributed by atoms with Crippen LogP contribution in [-0.2, 0) is 4.79 Å². The molecule has 2 heterocycles. The molecule has 1 aromatic carbocycles. The molecule has 2 aliphatic heterocycles. The van der Waals surface area contributed by atoms with E-state index < -0.39 is 0 Å². The number of piperazine rings is 1. The molecular weight excluding hydrogens is 406 g/mol. The zero-order valence-electron chi connectivity index (χ0n) is 19.4.